The molecule has 1 aromatic rings. The first-order valence-electron chi connectivity index (χ1n) is 6.96. The average molecular weight is 348 g/mol. The second-order valence-corrected chi connectivity index (χ2v) is 8.93. The number of hydrogen-bond acceptors (Lipinski definition) is 5. The van der Waals surface area contributed by atoms with E-state index in [1.54, 1.807) is 0 Å². The number of aliphatic hydroxyl groups excluding tert-OH is 1. The van der Waals surface area contributed by atoms with Crippen molar-refractivity contribution in [1.82, 2.24) is 9.44 Å². The predicted octanol–water partition coefficient (Wildman–Crippen LogP) is 0.0340. The summed E-state index contributed by atoms with van der Waals surface area (Å²) in [5.74, 6) is 0.0674. The predicted molar refractivity (Wildman–Crippen MR) is 81.2 cm³/mol. The molecule has 1 saturated carbocycles. The maximum atomic E-state index is 12.4. The molecule has 0 aromatic heterocycles. The molecule has 1 aliphatic rings. The van der Waals surface area contributed by atoms with Crippen LogP contribution >= 0.6 is 0 Å². The van der Waals surface area contributed by atoms with Crippen LogP contribution < -0.4 is 9.44 Å². The molecular weight excluding hydrogens is 328 g/mol. The third kappa shape index (κ3) is 3.85. The molecule has 22 heavy (non-hydrogen) atoms. The molecule has 0 unspecified atom stereocenters. The molecule has 3 N–H and O–H groups in total. The Labute approximate surface area is 130 Å². The van der Waals surface area contributed by atoms with Gasteiger partial charge in [0.1, 0.15) is 9.79 Å². The number of sulfonamides is 2. The zero-order valence-electron chi connectivity index (χ0n) is 12.2. The third-order valence-corrected chi connectivity index (χ3v) is 6.86. The minimum atomic E-state index is -3.94. The van der Waals surface area contributed by atoms with Crippen LogP contribution in [0.25, 0.3) is 0 Å². The van der Waals surface area contributed by atoms with Crippen LogP contribution in [0.2, 0.25) is 0 Å². The molecule has 1 aromatic carbocycles. The van der Waals surface area contributed by atoms with Crippen molar-refractivity contribution in [2.24, 2.45) is 5.92 Å². The van der Waals surface area contributed by atoms with Crippen LogP contribution in [0.3, 0.4) is 0 Å². The van der Waals surface area contributed by atoms with Crippen molar-refractivity contribution in [2.45, 2.75) is 35.2 Å². The molecule has 0 saturated heterocycles. The quantitative estimate of drug-likeness (QED) is 0.671. The number of hydrogen-bond donors (Lipinski definition) is 3. The van der Waals surface area contributed by atoms with Gasteiger partial charge in [0.25, 0.3) is 0 Å². The molecular formula is C13H20N2O5S2. The lowest BCUT2D eigenvalue weighted by molar-refractivity contribution is 0.178. The summed E-state index contributed by atoms with van der Waals surface area (Å²) >= 11 is 0. The number of benzene rings is 1. The lowest BCUT2D eigenvalue weighted by Gasteiger charge is -2.14. The molecule has 1 fully saturated rings. The molecule has 0 aliphatic heterocycles. The topological polar surface area (TPSA) is 113 Å². The van der Waals surface area contributed by atoms with Crippen molar-refractivity contribution in [3.05, 3.63) is 24.3 Å². The minimum Gasteiger partial charge on any atom is -0.393 e. The smallest absolute Gasteiger partial charge is 0.241 e. The highest BCUT2D eigenvalue weighted by Crippen LogP contribution is 2.26. The molecule has 0 amide bonds. The Hall–Kier alpha value is -1.00. The van der Waals surface area contributed by atoms with Crippen LogP contribution in [0.4, 0.5) is 0 Å². The second-order valence-electron chi connectivity index (χ2n) is 5.34. The first-order valence-corrected chi connectivity index (χ1v) is 9.93. The Morgan fingerprint density at radius 3 is 2.18 bits per heavy atom. The van der Waals surface area contributed by atoms with Crippen LogP contribution in [0.5, 0.6) is 0 Å². The molecule has 0 radical (unpaired) electrons. The van der Waals surface area contributed by atoms with Crippen molar-refractivity contribution in [2.75, 3.05) is 13.6 Å². The largest absolute Gasteiger partial charge is 0.393 e. The van der Waals surface area contributed by atoms with E-state index in [1.807, 2.05) is 0 Å². The maximum absolute atomic E-state index is 12.4. The van der Waals surface area contributed by atoms with Crippen LogP contribution in [0, 0.1) is 5.92 Å². The molecule has 0 bridgehead atoms. The summed E-state index contributed by atoms with van der Waals surface area (Å²) in [5, 5.41) is 9.46. The van der Waals surface area contributed by atoms with Gasteiger partial charge in [-0.3, -0.25) is 0 Å². The molecule has 124 valence electrons. The number of aliphatic hydroxyl groups is 1. The van der Waals surface area contributed by atoms with Crippen molar-refractivity contribution in [3.63, 3.8) is 0 Å². The Kier molecular flexibility index (Phi) is 5.23. The van der Waals surface area contributed by atoms with E-state index in [0.29, 0.717) is 12.8 Å². The summed E-state index contributed by atoms with van der Waals surface area (Å²) in [6.45, 7) is 0.188. The fraction of sp³-hybridized carbons (Fsp3) is 0.538. The monoisotopic (exact) mass is 348 g/mol. The van der Waals surface area contributed by atoms with Crippen LogP contribution in [0.15, 0.2) is 34.1 Å². The lowest BCUT2D eigenvalue weighted by atomic mass is 10.1. The van der Waals surface area contributed by atoms with Gasteiger partial charge in [0.15, 0.2) is 0 Å². The molecule has 7 nitrogen and oxygen atoms in total. The Bertz CT molecular complexity index is 731. The standard InChI is InChI=1S/C13H20N2O5S2/c1-14-21(17,18)12-4-2-3-5-13(12)22(19,20)15-9-10-6-7-11(16)8-10/h2-5,10-11,14-16H,6-9H2,1H3/t10-,11+/m1/s1. The van der Waals surface area contributed by atoms with E-state index in [0.717, 1.165) is 6.42 Å². The highest BCUT2D eigenvalue weighted by atomic mass is 32.2. The highest BCUT2D eigenvalue weighted by molar-refractivity contribution is 7.92. The van der Waals surface area contributed by atoms with Crippen molar-refractivity contribution in [3.8, 4) is 0 Å². The van der Waals surface area contributed by atoms with E-state index in [-0.39, 0.29) is 28.4 Å². The average Bonchev–Trinajstić information content (AvgIpc) is 2.91. The van der Waals surface area contributed by atoms with Crippen molar-refractivity contribution in [1.29, 1.82) is 0 Å². The van der Waals surface area contributed by atoms with E-state index in [9.17, 15) is 21.9 Å². The Morgan fingerprint density at radius 2 is 1.68 bits per heavy atom. The van der Waals surface area contributed by atoms with Crippen molar-refractivity contribution >= 4 is 20.0 Å². The second kappa shape index (κ2) is 6.63. The van der Waals surface area contributed by atoms with Gasteiger partial charge in [-0.25, -0.2) is 26.3 Å². The number of rotatable bonds is 6. The maximum Gasteiger partial charge on any atom is 0.241 e. The zero-order chi connectivity index (χ0) is 16.4. The van der Waals surface area contributed by atoms with Crippen molar-refractivity contribution < 1.29 is 21.9 Å². The molecule has 1 aliphatic carbocycles. The van der Waals surface area contributed by atoms with Crippen LogP contribution in [-0.4, -0.2) is 41.6 Å². The van der Waals surface area contributed by atoms with E-state index in [1.165, 1.54) is 31.3 Å². The fourth-order valence-electron chi connectivity index (χ4n) is 2.54. The van der Waals surface area contributed by atoms with Gasteiger partial charge in [-0.15, -0.1) is 0 Å². The van der Waals surface area contributed by atoms with Gasteiger partial charge in [-0.05, 0) is 44.4 Å². The van der Waals surface area contributed by atoms with E-state index >= 15 is 0 Å². The van der Waals surface area contributed by atoms with Gasteiger partial charge >= 0.3 is 0 Å². The normalized spacial score (nSPS) is 22.8. The SMILES string of the molecule is CNS(=O)(=O)c1ccccc1S(=O)(=O)NC[C@@H]1CC[C@H](O)C1. The lowest BCUT2D eigenvalue weighted by Crippen LogP contribution is -2.31. The van der Waals surface area contributed by atoms with Gasteiger partial charge in [0, 0.05) is 6.54 Å². The van der Waals surface area contributed by atoms with E-state index in [4.69, 9.17) is 0 Å². The molecule has 2 atom stereocenters. The molecule has 0 heterocycles. The van der Waals surface area contributed by atoms with Gasteiger partial charge in [0.2, 0.25) is 20.0 Å². The van der Waals surface area contributed by atoms with Crippen LogP contribution in [-0.2, 0) is 20.0 Å². The van der Waals surface area contributed by atoms with Gasteiger partial charge in [-0.2, -0.15) is 0 Å². The minimum absolute atomic E-state index is 0.0674. The highest BCUT2D eigenvalue weighted by Gasteiger charge is 2.28. The van der Waals surface area contributed by atoms with Gasteiger partial charge in [-0.1, -0.05) is 12.1 Å². The summed E-state index contributed by atoms with van der Waals surface area (Å²) in [5.41, 5.74) is 0. The summed E-state index contributed by atoms with van der Waals surface area (Å²) in [6, 6.07) is 5.45. The zero-order valence-corrected chi connectivity index (χ0v) is 13.8. The summed E-state index contributed by atoms with van der Waals surface area (Å²) in [7, 11) is -6.58. The molecule has 9 heteroatoms. The Morgan fingerprint density at radius 1 is 1.09 bits per heavy atom. The van der Waals surface area contributed by atoms with Gasteiger partial charge in [0.05, 0.1) is 6.10 Å². The fourth-order valence-corrected chi connectivity index (χ4v) is 5.21. The Balaban J connectivity index is 2.23. The summed E-state index contributed by atoms with van der Waals surface area (Å²) < 4.78 is 53.2. The molecule has 2 rings (SSSR count). The third-order valence-electron chi connectivity index (χ3n) is 3.77. The van der Waals surface area contributed by atoms with E-state index in [2.05, 4.69) is 9.44 Å². The van der Waals surface area contributed by atoms with Gasteiger partial charge < -0.3 is 5.11 Å². The van der Waals surface area contributed by atoms with Crippen LogP contribution in [0.1, 0.15) is 19.3 Å². The number of nitrogens with one attached hydrogen (secondary N) is 2. The van der Waals surface area contributed by atoms with E-state index < -0.39 is 20.0 Å². The molecule has 0 spiro atoms. The first kappa shape index (κ1) is 17.4. The first-order chi connectivity index (χ1) is 10.3. The summed E-state index contributed by atoms with van der Waals surface area (Å²) in [6.07, 6.45) is 1.59. The summed E-state index contributed by atoms with van der Waals surface area (Å²) in [4.78, 5) is -0.556.